The Bertz CT molecular complexity index is 524. The summed E-state index contributed by atoms with van der Waals surface area (Å²) in [4.78, 5) is 16.8. The van der Waals surface area contributed by atoms with Crippen molar-refractivity contribution in [1.82, 2.24) is 5.48 Å². The number of fused-ring (bicyclic) bond motifs is 1. The molecule has 1 heterocycles. The molecule has 0 spiro atoms. The molecule has 1 amide bonds. The number of thiophene rings is 1. The smallest absolute Gasteiger partial charge is 0.274 e. The van der Waals surface area contributed by atoms with Crippen LogP contribution in [0.15, 0.2) is 24.3 Å². The highest BCUT2D eigenvalue weighted by atomic mass is 32.1. The first-order valence-corrected chi connectivity index (χ1v) is 5.63. The molecule has 1 aromatic heterocycles. The molecule has 2 aromatic rings. The molecule has 0 saturated carbocycles. The third kappa shape index (κ3) is 2.20. The molecular weight excluding hydrogens is 229 g/mol. The minimum atomic E-state index is -0.304. The number of amides is 1. The van der Waals surface area contributed by atoms with Gasteiger partial charge in [-0.3, -0.25) is 9.63 Å². The van der Waals surface area contributed by atoms with E-state index in [9.17, 15) is 9.18 Å². The van der Waals surface area contributed by atoms with Crippen LogP contribution < -0.4 is 5.48 Å². The number of carbonyl (C=O) groups is 1. The van der Waals surface area contributed by atoms with Gasteiger partial charge in [-0.25, -0.2) is 9.87 Å². The highest BCUT2D eigenvalue weighted by Crippen LogP contribution is 2.26. The number of halogens is 1. The molecule has 0 fully saturated rings. The third-order valence-corrected chi connectivity index (χ3v) is 3.13. The summed E-state index contributed by atoms with van der Waals surface area (Å²) in [5.41, 5.74) is 2.30. The fraction of sp³-hybridized carbons (Fsp3) is 0.182. The Morgan fingerprint density at radius 3 is 3.06 bits per heavy atom. The average Bonchev–Trinajstić information content (AvgIpc) is 2.68. The topological polar surface area (TPSA) is 38.3 Å². The maximum absolute atomic E-state index is 12.9. The van der Waals surface area contributed by atoms with Crippen molar-refractivity contribution in [3.63, 3.8) is 0 Å². The van der Waals surface area contributed by atoms with Crippen molar-refractivity contribution < 1.29 is 14.0 Å². The summed E-state index contributed by atoms with van der Waals surface area (Å²) < 4.78 is 13.8. The van der Waals surface area contributed by atoms with Gasteiger partial charge in [-0.15, -0.1) is 11.3 Å². The second-order valence-corrected chi connectivity index (χ2v) is 4.24. The highest BCUT2D eigenvalue weighted by molar-refractivity contribution is 7.20. The van der Waals surface area contributed by atoms with Crippen molar-refractivity contribution in [3.8, 4) is 0 Å². The number of hydrogen-bond donors (Lipinski definition) is 1. The minimum Gasteiger partial charge on any atom is -0.274 e. The summed E-state index contributed by atoms with van der Waals surface area (Å²) in [7, 11) is 0. The molecule has 0 saturated heterocycles. The summed E-state index contributed by atoms with van der Waals surface area (Å²) >= 11 is 1.31. The number of hydrogen-bond acceptors (Lipinski definition) is 3. The van der Waals surface area contributed by atoms with Gasteiger partial charge >= 0.3 is 0 Å². The Hall–Kier alpha value is -1.46. The zero-order valence-electron chi connectivity index (χ0n) is 8.62. The first-order chi connectivity index (χ1) is 7.70. The molecule has 0 bridgehead atoms. The number of rotatable bonds is 3. The van der Waals surface area contributed by atoms with Crippen LogP contribution in [0.25, 0.3) is 10.1 Å². The van der Waals surface area contributed by atoms with Crippen LogP contribution in [0.1, 0.15) is 16.6 Å². The molecule has 0 aliphatic carbocycles. The van der Waals surface area contributed by atoms with Gasteiger partial charge in [0.1, 0.15) is 5.82 Å². The second kappa shape index (κ2) is 4.59. The Balaban J connectivity index is 2.28. The van der Waals surface area contributed by atoms with Crippen LogP contribution in [0.2, 0.25) is 0 Å². The summed E-state index contributed by atoms with van der Waals surface area (Å²) in [6, 6.07) is 6.09. The van der Waals surface area contributed by atoms with Crippen LogP contribution in [0, 0.1) is 5.82 Å². The summed E-state index contributed by atoms with van der Waals surface area (Å²) in [5, 5.41) is 0.728. The predicted molar refractivity (Wildman–Crippen MR) is 60.9 cm³/mol. The van der Waals surface area contributed by atoms with E-state index < -0.39 is 0 Å². The van der Waals surface area contributed by atoms with Gasteiger partial charge in [-0.1, -0.05) is 0 Å². The van der Waals surface area contributed by atoms with Crippen LogP contribution in [-0.4, -0.2) is 12.5 Å². The van der Waals surface area contributed by atoms with E-state index in [-0.39, 0.29) is 11.7 Å². The lowest BCUT2D eigenvalue weighted by molar-refractivity contribution is 0.0368. The van der Waals surface area contributed by atoms with Crippen LogP contribution in [0.3, 0.4) is 0 Å². The molecule has 0 atom stereocenters. The molecule has 3 nitrogen and oxygen atoms in total. The van der Waals surface area contributed by atoms with Crippen molar-refractivity contribution in [2.45, 2.75) is 6.92 Å². The minimum absolute atomic E-state index is 0.302. The van der Waals surface area contributed by atoms with Crippen molar-refractivity contribution in [2.75, 3.05) is 6.61 Å². The summed E-state index contributed by atoms with van der Waals surface area (Å²) in [6.45, 7) is 2.19. The van der Waals surface area contributed by atoms with E-state index in [2.05, 4.69) is 5.48 Å². The molecule has 16 heavy (non-hydrogen) atoms. The lowest BCUT2D eigenvalue weighted by Gasteiger charge is -1.99. The van der Waals surface area contributed by atoms with E-state index in [1.807, 2.05) is 0 Å². The van der Waals surface area contributed by atoms with Gasteiger partial charge in [-0.2, -0.15) is 0 Å². The Morgan fingerprint density at radius 1 is 1.50 bits per heavy atom. The van der Waals surface area contributed by atoms with Crippen molar-refractivity contribution in [3.05, 3.63) is 35.0 Å². The Labute approximate surface area is 95.8 Å². The van der Waals surface area contributed by atoms with Crippen LogP contribution >= 0.6 is 11.3 Å². The molecule has 5 heteroatoms. The SMILES string of the molecule is CCONC(=O)c1cc2cc(F)ccc2s1. The lowest BCUT2D eigenvalue weighted by atomic mass is 10.2. The summed E-state index contributed by atoms with van der Waals surface area (Å²) in [5.74, 6) is -0.606. The monoisotopic (exact) mass is 239 g/mol. The second-order valence-electron chi connectivity index (χ2n) is 3.16. The van der Waals surface area contributed by atoms with Crippen molar-refractivity contribution in [1.29, 1.82) is 0 Å². The van der Waals surface area contributed by atoms with E-state index >= 15 is 0 Å². The van der Waals surface area contributed by atoms with Crippen LogP contribution in [0.5, 0.6) is 0 Å². The molecule has 2 rings (SSSR count). The number of carbonyl (C=O) groups excluding carboxylic acids is 1. The molecule has 0 radical (unpaired) electrons. The van der Waals surface area contributed by atoms with Crippen molar-refractivity contribution in [2.24, 2.45) is 0 Å². The number of benzene rings is 1. The van der Waals surface area contributed by atoms with Crippen LogP contribution in [0.4, 0.5) is 4.39 Å². The van der Waals surface area contributed by atoms with Crippen LogP contribution in [-0.2, 0) is 4.84 Å². The molecule has 1 N–H and O–H groups in total. The quantitative estimate of drug-likeness (QED) is 0.836. The van der Waals surface area contributed by atoms with E-state index in [4.69, 9.17) is 4.84 Å². The van der Waals surface area contributed by atoms with Gasteiger partial charge in [-0.05, 0) is 36.6 Å². The Morgan fingerprint density at radius 2 is 2.31 bits per heavy atom. The first-order valence-electron chi connectivity index (χ1n) is 4.82. The average molecular weight is 239 g/mol. The molecule has 1 aromatic carbocycles. The molecule has 84 valence electrons. The number of hydroxylamine groups is 1. The largest absolute Gasteiger partial charge is 0.284 e. The fourth-order valence-electron chi connectivity index (χ4n) is 1.31. The normalized spacial score (nSPS) is 10.6. The first kappa shape index (κ1) is 11.0. The van der Waals surface area contributed by atoms with Gasteiger partial charge < -0.3 is 0 Å². The van der Waals surface area contributed by atoms with E-state index in [1.165, 1.54) is 23.5 Å². The third-order valence-electron chi connectivity index (χ3n) is 2.01. The van der Waals surface area contributed by atoms with E-state index in [0.29, 0.717) is 11.5 Å². The fourth-order valence-corrected chi connectivity index (χ4v) is 2.24. The molecule has 0 aliphatic heterocycles. The van der Waals surface area contributed by atoms with Gasteiger partial charge in [0.2, 0.25) is 0 Å². The standard InChI is InChI=1S/C11H10FNO2S/c1-2-15-13-11(14)10-6-7-5-8(12)3-4-9(7)16-10/h3-6H,2H2,1H3,(H,13,14). The lowest BCUT2D eigenvalue weighted by Crippen LogP contribution is -2.22. The van der Waals surface area contributed by atoms with Crippen molar-refractivity contribution >= 4 is 27.3 Å². The molecule has 0 unspecified atom stereocenters. The maximum Gasteiger partial charge on any atom is 0.284 e. The van der Waals surface area contributed by atoms with Gasteiger partial charge in [0.15, 0.2) is 0 Å². The van der Waals surface area contributed by atoms with Gasteiger partial charge in [0.25, 0.3) is 5.91 Å². The molecular formula is C11H10FNO2S. The van der Waals surface area contributed by atoms with E-state index in [1.54, 1.807) is 19.1 Å². The van der Waals surface area contributed by atoms with E-state index in [0.717, 1.165) is 10.1 Å². The Kier molecular flexibility index (Phi) is 3.17. The zero-order chi connectivity index (χ0) is 11.5. The zero-order valence-corrected chi connectivity index (χ0v) is 9.44. The van der Waals surface area contributed by atoms with Gasteiger partial charge in [0, 0.05) is 4.70 Å². The van der Waals surface area contributed by atoms with Gasteiger partial charge in [0.05, 0.1) is 11.5 Å². The highest BCUT2D eigenvalue weighted by Gasteiger charge is 2.10. The summed E-state index contributed by atoms with van der Waals surface area (Å²) in [6.07, 6.45) is 0. The number of nitrogens with one attached hydrogen (secondary N) is 1. The maximum atomic E-state index is 12.9. The predicted octanol–water partition coefficient (Wildman–Crippen LogP) is 2.72. The molecule has 0 aliphatic rings.